The summed E-state index contributed by atoms with van der Waals surface area (Å²) in [6.45, 7) is -1.10. The van der Waals surface area contributed by atoms with Gasteiger partial charge in [-0.25, -0.2) is 13.2 Å². The lowest BCUT2D eigenvalue weighted by Crippen LogP contribution is -2.00. The fraction of sp³-hybridized carbons (Fsp3) is 0.222. The van der Waals surface area contributed by atoms with Crippen molar-refractivity contribution in [2.24, 2.45) is 0 Å². The summed E-state index contributed by atoms with van der Waals surface area (Å²) in [5.41, 5.74) is -0.0534. The number of Topliss-reactive ketones (excluding diaryl/α,β-unsaturated/α-hetero) is 1. The molecule has 1 aromatic carbocycles. The average Bonchev–Trinajstić information content (AvgIpc) is 2.17. The van der Waals surface area contributed by atoms with Gasteiger partial charge in [0.15, 0.2) is 12.5 Å². The second-order valence-electron chi connectivity index (χ2n) is 2.48. The molecule has 70 valence electrons. The lowest BCUT2D eigenvalue weighted by Gasteiger charge is -2.00. The Morgan fingerprint density at radius 3 is 2.15 bits per heavy atom. The van der Waals surface area contributed by atoms with Gasteiger partial charge in [-0.15, -0.1) is 0 Å². The molecule has 0 radical (unpaired) electrons. The van der Waals surface area contributed by atoms with Crippen LogP contribution in [0.5, 0.6) is 0 Å². The maximum Gasteiger partial charge on any atom is 0.263 e. The zero-order chi connectivity index (χ0) is 9.84. The molecule has 0 amide bonds. The first-order chi connectivity index (χ1) is 6.15. The summed E-state index contributed by atoms with van der Waals surface area (Å²) in [4.78, 5) is 10.7. The van der Waals surface area contributed by atoms with Crippen molar-refractivity contribution in [3.05, 3.63) is 35.4 Å². The molecule has 0 saturated heterocycles. The van der Waals surface area contributed by atoms with Crippen molar-refractivity contribution in [3.63, 3.8) is 0 Å². The third kappa shape index (κ3) is 2.31. The summed E-state index contributed by atoms with van der Waals surface area (Å²) >= 11 is 0. The molecule has 0 atom stereocenters. The number of rotatable bonds is 3. The Morgan fingerprint density at radius 2 is 1.77 bits per heavy atom. The molecule has 13 heavy (non-hydrogen) atoms. The summed E-state index contributed by atoms with van der Waals surface area (Å²) < 4.78 is 35.9. The summed E-state index contributed by atoms with van der Waals surface area (Å²) in [5, 5.41) is 0. The molecule has 0 heterocycles. The predicted octanol–water partition coefficient (Wildman–Crippen LogP) is 2.78. The van der Waals surface area contributed by atoms with Crippen molar-refractivity contribution in [2.75, 3.05) is 6.67 Å². The molecule has 0 aliphatic heterocycles. The van der Waals surface area contributed by atoms with Crippen LogP contribution in [0.15, 0.2) is 24.3 Å². The van der Waals surface area contributed by atoms with Crippen molar-refractivity contribution in [2.45, 2.75) is 6.43 Å². The van der Waals surface area contributed by atoms with Crippen molar-refractivity contribution in [3.8, 4) is 0 Å². The van der Waals surface area contributed by atoms with E-state index >= 15 is 0 Å². The Kier molecular flexibility index (Phi) is 3.06. The predicted molar refractivity (Wildman–Crippen MR) is 41.7 cm³/mol. The molecular formula is C9H7F3O. The fourth-order valence-electron chi connectivity index (χ4n) is 0.892. The molecule has 0 fully saturated rings. The summed E-state index contributed by atoms with van der Waals surface area (Å²) in [6, 6.07) is 4.63. The van der Waals surface area contributed by atoms with Crippen LogP contribution in [0.25, 0.3) is 0 Å². The molecule has 0 aliphatic rings. The quantitative estimate of drug-likeness (QED) is 0.666. The van der Waals surface area contributed by atoms with E-state index in [4.69, 9.17) is 0 Å². The molecule has 1 rings (SSSR count). The van der Waals surface area contributed by atoms with E-state index in [0.717, 1.165) is 12.1 Å². The van der Waals surface area contributed by atoms with Crippen LogP contribution in [0, 0.1) is 0 Å². The Morgan fingerprint density at radius 1 is 1.23 bits per heavy atom. The van der Waals surface area contributed by atoms with Gasteiger partial charge in [0, 0.05) is 11.1 Å². The molecule has 0 spiro atoms. The van der Waals surface area contributed by atoms with Gasteiger partial charge < -0.3 is 0 Å². The van der Waals surface area contributed by atoms with Gasteiger partial charge >= 0.3 is 0 Å². The zero-order valence-corrected chi connectivity index (χ0v) is 6.64. The molecule has 0 aliphatic carbocycles. The van der Waals surface area contributed by atoms with Gasteiger partial charge in [0.2, 0.25) is 0 Å². The van der Waals surface area contributed by atoms with E-state index in [1.54, 1.807) is 0 Å². The molecule has 1 aromatic rings. The molecular weight excluding hydrogens is 181 g/mol. The third-order valence-corrected chi connectivity index (χ3v) is 1.61. The minimum absolute atomic E-state index is 0.118. The van der Waals surface area contributed by atoms with Gasteiger partial charge in [0.1, 0.15) is 0 Å². The van der Waals surface area contributed by atoms with Crippen LogP contribution >= 0.6 is 0 Å². The van der Waals surface area contributed by atoms with Crippen molar-refractivity contribution in [1.82, 2.24) is 0 Å². The Bertz CT molecular complexity index is 292. The molecule has 0 N–H and O–H groups in total. The maximum absolute atomic E-state index is 12.0. The number of carbonyl (C=O) groups excluding carboxylic acids is 1. The Hall–Kier alpha value is -1.32. The van der Waals surface area contributed by atoms with Gasteiger partial charge in [-0.3, -0.25) is 4.79 Å². The average molecular weight is 188 g/mol. The molecule has 0 aromatic heterocycles. The lowest BCUT2D eigenvalue weighted by molar-refractivity contribution is 0.0958. The number of carbonyl (C=O) groups is 1. The highest BCUT2D eigenvalue weighted by Gasteiger charge is 2.08. The first-order valence-electron chi connectivity index (χ1n) is 3.62. The monoisotopic (exact) mass is 188 g/mol. The normalized spacial score (nSPS) is 10.5. The minimum Gasteiger partial charge on any atom is -0.291 e. The highest BCUT2D eigenvalue weighted by molar-refractivity contribution is 5.96. The van der Waals surface area contributed by atoms with E-state index < -0.39 is 18.9 Å². The molecule has 1 nitrogen and oxygen atoms in total. The smallest absolute Gasteiger partial charge is 0.263 e. The van der Waals surface area contributed by atoms with E-state index in [-0.39, 0.29) is 11.1 Å². The Balaban J connectivity index is 2.87. The number of hydrogen-bond donors (Lipinski definition) is 0. The van der Waals surface area contributed by atoms with Crippen molar-refractivity contribution >= 4 is 5.78 Å². The van der Waals surface area contributed by atoms with Crippen LogP contribution in [-0.2, 0) is 0 Å². The zero-order valence-electron chi connectivity index (χ0n) is 6.64. The topological polar surface area (TPSA) is 17.1 Å². The largest absolute Gasteiger partial charge is 0.291 e. The standard InChI is InChI=1S/C9H7F3O/c10-5-8(13)6-1-3-7(4-2-6)9(11)12/h1-4,9H,5H2. The van der Waals surface area contributed by atoms with Gasteiger partial charge in [-0.05, 0) is 0 Å². The second-order valence-corrected chi connectivity index (χ2v) is 2.48. The van der Waals surface area contributed by atoms with Crippen LogP contribution in [-0.4, -0.2) is 12.5 Å². The second kappa shape index (κ2) is 4.07. The fourth-order valence-corrected chi connectivity index (χ4v) is 0.892. The summed E-state index contributed by atoms with van der Waals surface area (Å²) in [7, 11) is 0. The van der Waals surface area contributed by atoms with Gasteiger partial charge in [-0.2, -0.15) is 0 Å². The van der Waals surface area contributed by atoms with Crippen LogP contribution in [0.2, 0.25) is 0 Å². The number of ketones is 1. The van der Waals surface area contributed by atoms with Crippen molar-refractivity contribution in [1.29, 1.82) is 0 Å². The highest BCUT2D eigenvalue weighted by Crippen LogP contribution is 2.18. The van der Waals surface area contributed by atoms with Gasteiger partial charge in [-0.1, -0.05) is 24.3 Å². The molecule has 0 saturated carbocycles. The number of hydrogen-bond acceptors (Lipinski definition) is 1. The van der Waals surface area contributed by atoms with E-state index in [0.29, 0.717) is 0 Å². The minimum atomic E-state index is -2.56. The van der Waals surface area contributed by atoms with E-state index in [1.807, 2.05) is 0 Å². The maximum atomic E-state index is 12.0. The number of alkyl halides is 3. The number of halogens is 3. The first kappa shape index (κ1) is 9.77. The van der Waals surface area contributed by atoms with Crippen LogP contribution in [0.3, 0.4) is 0 Å². The lowest BCUT2D eigenvalue weighted by atomic mass is 10.1. The SMILES string of the molecule is O=C(CF)c1ccc(C(F)F)cc1. The summed E-state index contributed by atoms with van der Waals surface area (Å²) in [5.74, 6) is -0.694. The van der Waals surface area contributed by atoms with Gasteiger partial charge in [0.25, 0.3) is 6.43 Å². The third-order valence-electron chi connectivity index (χ3n) is 1.61. The molecule has 0 bridgehead atoms. The van der Waals surface area contributed by atoms with Crippen molar-refractivity contribution < 1.29 is 18.0 Å². The van der Waals surface area contributed by atoms with E-state index in [9.17, 15) is 18.0 Å². The molecule has 4 heteroatoms. The van der Waals surface area contributed by atoms with E-state index in [2.05, 4.69) is 0 Å². The Labute approximate surface area is 73.2 Å². The summed E-state index contributed by atoms with van der Waals surface area (Å²) in [6.07, 6.45) is -2.56. The van der Waals surface area contributed by atoms with Crippen LogP contribution < -0.4 is 0 Å². The van der Waals surface area contributed by atoms with Crippen LogP contribution in [0.4, 0.5) is 13.2 Å². The molecule has 0 unspecified atom stereocenters. The first-order valence-corrected chi connectivity index (χ1v) is 3.62. The van der Waals surface area contributed by atoms with Gasteiger partial charge in [0.05, 0.1) is 0 Å². The number of benzene rings is 1. The van der Waals surface area contributed by atoms with Crippen LogP contribution in [0.1, 0.15) is 22.3 Å². The van der Waals surface area contributed by atoms with E-state index in [1.165, 1.54) is 12.1 Å². The highest BCUT2D eigenvalue weighted by atomic mass is 19.3.